The summed E-state index contributed by atoms with van der Waals surface area (Å²) >= 11 is 0. The Morgan fingerprint density at radius 1 is 1.22 bits per heavy atom. The van der Waals surface area contributed by atoms with E-state index in [0.717, 1.165) is 67.3 Å². The van der Waals surface area contributed by atoms with E-state index >= 15 is 0 Å². The number of benzene rings is 1. The Kier molecular flexibility index (Phi) is 7.48. The number of methoxy groups -OCH3 is 1. The van der Waals surface area contributed by atoms with Crippen molar-refractivity contribution < 1.29 is 9.53 Å². The maximum Gasteiger partial charge on any atom is 0.250 e. The summed E-state index contributed by atoms with van der Waals surface area (Å²) in [4.78, 5) is 33.2. The SMILES string of the molecule is COCCCc1cc(CN(C(=O)[C@H]2CNCC[C@@H]2c2ccn(C)c(=O)c2)C2CC2)c2ncccc2c1. The lowest BCUT2D eigenvalue weighted by Gasteiger charge is -2.36. The quantitative estimate of drug-likeness (QED) is 0.467. The third-order valence-corrected chi connectivity index (χ3v) is 7.62. The molecule has 1 N–H and O–H groups in total. The second-order valence-electron chi connectivity index (χ2n) is 10.2. The predicted molar refractivity (Wildman–Crippen MR) is 141 cm³/mol. The van der Waals surface area contributed by atoms with Gasteiger partial charge in [0, 0.05) is 63.7 Å². The molecule has 36 heavy (non-hydrogen) atoms. The fourth-order valence-corrected chi connectivity index (χ4v) is 5.50. The number of hydrogen-bond donors (Lipinski definition) is 1. The van der Waals surface area contributed by atoms with E-state index in [1.165, 1.54) is 5.56 Å². The minimum Gasteiger partial charge on any atom is -0.385 e. The molecule has 0 radical (unpaired) electrons. The molecule has 0 bridgehead atoms. The number of aromatic nitrogens is 2. The molecular formula is C29H36N4O3. The number of nitrogens with one attached hydrogen (secondary N) is 1. The first-order valence-corrected chi connectivity index (χ1v) is 13.1. The number of piperidine rings is 1. The first kappa shape index (κ1) is 24.7. The molecule has 1 saturated carbocycles. The number of carbonyl (C=O) groups is 1. The van der Waals surface area contributed by atoms with Gasteiger partial charge in [-0.25, -0.2) is 0 Å². The molecule has 1 aromatic carbocycles. The standard InChI is InChI=1S/C29H36N4O3/c1-32-13-10-21(17-27(32)34)25-9-12-30-18-26(25)29(35)33(24-7-8-24)19-23-16-20(5-4-14-36-2)15-22-6-3-11-31-28(22)23/h3,6,10-11,13,15-17,24-26,30H,4-5,7-9,12,14,18-19H2,1-2H3/t25-,26+/m1/s1. The highest BCUT2D eigenvalue weighted by Gasteiger charge is 2.40. The summed E-state index contributed by atoms with van der Waals surface area (Å²) in [6.45, 7) is 2.78. The van der Waals surface area contributed by atoms with Gasteiger partial charge >= 0.3 is 0 Å². The van der Waals surface area contributed by atoms with Crippen molar-refractivity contribution in [2.45, 2.75) is 50.6 Å². The monoisotopic (exact) mass is 488 g/mol. The summed E-state index contributed by atoms with van der Waals surface area (Å²) in [5, 5.41) is 4.55. The zero-order chi connectivity index (χ0) is 25.1. The second kappa shape index (κ2) is 10.9. The minimum atomic E-state index is -0.185. The van der Waals surface area contributed by atoms with E-state index in [4.69, 9.17) is 9.72 Å². The lowest BCUT2D eigenvalue weighted by molar-refractivity contribution is -0.138. The molecule has 2 atom stereocenters. The second-order valence-corrected chi connectivity index (χ2v) is 10.2. The van der Waals surface area contributed by atoms with Gasteiger partial charge in [0.1, 0.15) is 0 Å². The molecule has 5 rings (SSSR count). The molecule has 0 spiro atoms. The number of aryl methyl sites for hydroxylation is 2. The number of carbonyl (C=O) groups excluding carboxylic acids is 1. The van der Waals surface area contributed by atoms with Crippen molar-refractivity contribution in [3.8, 4) is 0 Å². The Morgan fingerprint density at radius 2 is 2.08 bits per heavy atom. The van der Waals surface area contributed by atoms with Gasteiger partial charge in [-0.1, -0.05) is 12.1 Å². The fraction of sp³-hybridized carbons (Fsp3) is 0.483. The van der Waals surface area contributed by atoms with E-state index < -0.39 is 0 Å². The van der Waals surface area contributed by atoms with Crippen LogP contribution in [-0.4, -0.2) is 53.2 Å². The molecule has 1 saturated heterocycles. The topological polar surface area (TPSA) is 76.5 Å². The smallest absolute Gasteiger partial charge is 0.250 e. The molecule has 2 fully saturated rings. The average Bonchev–Trinajstić information content (AvgIpc) is 3.74. The van der Waals surface area contributed by atoms with E-state index in [-0.39, 0.29) is 29.3 Å². The third-order valence-electron chi connectivity index (χ3n) is 7.62. The van der Waals surface area contributed by atoms with Crippen molar-refractivity contribution in [3.05, 3.63) is 75.8 Å². The molecule has 1 aliphatic heterocycles. The number of nitrogens with zero attached hydrogens (tertiary/aromatic N) is 3. The minimum absolute atomic E-state index is 0.0286. The first-order chi connectivity index (χ1) is 17.5. The van der Waals surface area contributed by atoms with Gasteiger partial charge in [0.05, 0.1) is 11.4 Å². The van der Waals surface area contributed by atoms with E-state index in [2.05, 4.69) is 28.4 Å². The molecule has 0 unspecified atom stereocenters. The lowest BCUT2D eigenvalue weighted by Crippen LogP contribution is -2.47. The van der Waals surface area contributed by atoms with Gasteiger partial charge in [-0.05, 0) is 79.5 Å². The van der Waals surface area contributed by atoms with Crippen molar-refractivity contribution in [1.29, 1.82) is 0 Å². The average molecular weight is 489 g/mol. The molecule has 1 amide bonds. The van der Waals surface area contributed by atoms with Crippen LogP contribution in [0, 0.1) is 5.92 Å². The van der Waals surface area contributed by atoms with Gasteiger partial charge in [-0.2, -0.15) is 0 Å². The molecule has 1 aliphatic carbocycles. The van der Waals surface area contributed by atoms with Gasteiger partial charge in [0.2, 0.25) is 5.91 Å². The maximum atomic E-state index is 14.1. The zero-order valence-electron chi connectivity index (χ0n) is 21.3. The Balaban J connectivity index is 1.44. The molecule has 7 heteroatoms. The Hall–Kier alpha value is -3.03. The number of ether oxygens (including phenoxy) is 1. The van der Waals surface area contributed by atoms with Gasteiger partial charge in [-0.3, -0.25) is 14.6 Å². The molecule has 190 valence electrons. The molecule has 2 aliphatic rings. The van der Waals surface area contributed by atoms with Crippen LogP contribution in [0.25, 0.3) is 10.9 Å². The fourth-order valence-electron chi connectivity index (χ4n) is 5.50. The van der Waals surface area contributed by atoms with E-state index in [1.54, 1.807) is 24.8 Å². The van der Waals surface area contributed by atoms with Crippen molar-refractivity contribution in [3.63, 3.8) is 0 Å². The molecule has 3 aromatic rings. The van der Waals surface area contributed by atoms with Crippen LogP contribution in [0.3, 0.4) is 0 Å². The van der Waals surface area contributed by atoms with Gasteiger partial charge in [0.25, 0.3) is 5.56 Å². The van der Waals surface area contributed by atoms with Crippen molar-refractivity contribution >= 4 is 16.8 Å². The number of rotatable bonds is 9. The van der Waals surface area contributed by atoms with Crippen molar-refractivity contribution in [1.82, 2.24) is 19.8 Å². The van der Waals surface area contributed by atoms with E-state index in [1.807, 2.05) is 24.5 Å². The van der Waals surface area contributed by atoms with Crippen LogP contribution in [0.1, 0.15) is 48.3 Å². The van der Waals surface area contributed by atoms with Crippen LogP contribution in [0.5, 0.6) is 0 Å². The maximum absolute atomic E-state index is 14.1. The summed E-state index contributed by atoms with van der Waals surface area (Å²) in [6.07, 6.45) is 8.47. The van der Waals surface area contributed by atoms with Crippen molar-refractivity contribution in [2.75, 3.05) is 26.8 Å². The van der Waals surface area contributed by atoms with Crippen LogP contribution in [0.4, 0.5) is 0 Å². The Morgan fingerprint density at radius 3 is 2.86 bits per heavy atom. The normalized spacial score (nSPS) is 19.9. The number of hydrogen-bond acceptors (Lipinski definition) is 5. The van der Waals surface area contributed by atoms with Crippen molar-refractivity contribution in [2.24, 2.45) is 13.0 Å². The van der Waals surface area contributed by atoms with Gasteiger partial charge < -0.3 is 19.5 Å². The van der Waals surface area contributed by atoms with Gasteiger partial charge in [0.15, 0.2) is 0 Å². The highest BCUT2D eigenvalue weighted by atomic mass is 16.5. The molecule has 7 nitrogen and oxygen atoms in total. The van der Waals surface area contributed by atoms with Crippen LogP contribution >= 0.6 is 0 Å². The van der Waals surface area contributed by atoms with Crippen LogP contribution in [-0.2, 0) is 29.5 Å². The zero-order valence-corrected chi connectivity index (χ0v) is 21.3. The first-order valence-electron chi connectivity index (χ1n) is 13.1. The summed E-state index contributed by atoms with van der Waals surface area (Å²) in [6, 6.07) is 12.5. The molecular weight excluding hydrogens is 452 g/mol. The van der Waals surface area contributed by atoms with E-state index in [0.29, 0.717) is 13.1 Å². The number of fused-ring (bicyclic) bond motifs is 1. The van der Waals surface area contributed by atoms with Crippen LogP contribution in [0.15, 0.2) is 53.6 Å². The summed E-state index contributed by atoms with van der Waals surface area (Å²) in [7, 11) is 3.49. The summed E-state index contributed by atoms with van der Waals surface area (Å²) in [5.41, 5.74) is 4.27. The Labute approximate surface area is 212 Å². The van der Waals surface area contributed by atoms with Crippen LogP contribution in [0.2, 0.25) is 0 Å². The predicted octanol–water partition coefficient (Wildman–Crippen LogP) is 3.40. The van der Waals surface area contributed by atoms with E-state index in [9.17, 15) is 9.59 Å². The third kappa shape index (κ3) is 5.37. The Bertz CT molecular complexity index is 1280. The molecule has 3 heterocycles. The highest BCUT2D eigenvalue weighted by molar-refractivity contribution is 5.84. The summed E-state index contributed by atoms with van der Waals surface area (Å²) in [5.74, 6) is 0.0453. The summed E-state index contributed by atoms with van der Waals surface area (Å²) < 4.78 is 6.83. The highest BCUT2D eigenvalue weighted by Crippen LogP contribution is 2.36. The molecule has 2 aromatic heterocycles. The number of pyridine rings is 2. The van der Waals surface area contributed by atoms with Crippen LogP contribution < -0.4 is 10.9 Å². The lowest BCUT2D eigenvalue weighted by atomic mass is 9.80. The number of amides is 1. The van der Waals surface area contributed by atoms with Gasteiger partial charge in [-0.15, -0.1) is 0 Å². The largest absolute Gasteiger partial charge is 0.385 e.